The van der Waals surface area contributed by atoms with E-state index in [1.54, 1.807) is 12.1 Å². The third-order valence-electron chi connectivity index (χ3n) is 5.69. The molecule has 168 valence electrons. The lowest BCUT2D eigenvalue weighted by Crippen LogP contribution is -2.08. The first-order valence-corrected chi connectivity index (χ1v) is 12.0. The van der Waals surface area contributed by atoms with Gasteiger partial charge in [0.15, 0.2) is 0 Å². The summed E-state index contributed by atoms with van der Waals surface area (Å²) in [7, 11) is 0. The van der Waals surface area contributed by atoms with E-state index in [0.29, 0.717) is 31.6 Å². The van der Waals surface area contributed by atoms with Gasteiger partial charge in [-0.1, -0.05) is 30.3 Å². The Labute approximate surface area is 199 Å². The van der Waals surface area contributed by atoms with Crippen LogP contribution in [0.2, 0.25) is 0 Å². The Morgan fingerprint density at radius 3 is 2.62 bits per heavy atom. The van der Waals surface area contributed by atoms with E-state index in [0.717, 1.165) is 31.9 Å². The van der Waals surface area contributed by atoms with Gasteiger partial charge in [0, 0.05) is 20.7 Å². The molecule has 4 heterocycles. The molecule has 2 N–H and O–H groups in total. The summed E-state index contributed by atoms with van der Waals surface area (Å²) in [5.74, 6) is 0.186. The van der Waals surface area contributed by atoms with Gasteiger partial charge in [-0.3, -0.25) is 4.79 Å². The predicted octanol–water partition coefficient (Wildman–Crippen LogP) is 7.03. The molecule has 0 amide bonds. The average molecular weight is 492 g/mol. The fraction of sp³-hybridized carbons (Fsp3) is 0.0800. The molecule has 0 saturated heterocycles. The van der Waals surface area contributed by atoms with Crippen LogP contribution in [-0.4, -0.2) is 20.1 Å². The number of aromatic hydroxyl groups is 1. The van der Waals surface area contributed by atoms with Gasteiger partial charge >= 0.3 is 0 Å². The Hall–Kier alpha value is -3.69. The lowest BCUT2D eigenvalue weighted by molar-refractivity contribution is 0.146. The monoisotopic (exact) mass is 491 g/mol. The molecule has 2 aromatic carbocycles. The number of thiophene rings is 2. The van der Waals surface area contributed by atoms with Crippen molar-refractivity contribution in [2.24, 2.45) is 0 Å². The number of hydrogen-bond donors (Lipinski definition) is 2. The van der Waals surface area contributed by atoms with E-state index in [9.17, 15) is 18.7 Å². The maximum atomic E-state index is 13.6. The first kappa shape index (κ1) is 20.9. The van der Waals surface area contributed by atoms with Crippen molar-refractivity contribution in [3.05, 3.63) is 75.5 Å². The molecule has 0 aliphatic carbocycles. The summed E-state index contributed by atoms with van der Waals surface area (Å²) < 4.78 is 27.6. The number of aromatic amines is 1. The Kier molecular flexibility index (Phi) is 4.72. The normalized spacial score (nSPS) is 11.9. The van der Waals surface area contributed by atoms with Crippen LogP contribution in [0.3, 0.4) is 0 Å². The number of aryl methyl sites for hydroxylation is 1. The summed E-state index contributed by atoms with van der Waals surface area (Å²) in [6.45, 7) is 1.94. The van der Waals surface area contributed by atoms with Gasteiger partial charge in [0.25, 0.3) is 12.0 Å². The number of H-pyrrole nitrogens is 1. The van der Waals surface area contributed by atoms with Gasteiger partial charge in [-0.05, 0) is 42.0 Å². The highest BCUT2D eigenvalue weighted by Gasteiger charge is 2.22. The highest BCUT2D eigenvalue weighted by atomic mass is 32.1. The molecule has 5 nitrogen and oxygen atoms in total. The molecule has 0 aliphatic heterocycles. The van der Waals surface area contributed by atoms with Crippen LogP contribution >= 0.6 is 22.7 Å². The van der Waals surface area contributed by atoms with Gasteiger partial charge in [-0.2, -0.15) is 0 Å². The molecule has 0 unspecified atom stereocenters. The Morgan fingerprint density at radius 1 is 1.03 bits per heavy atom. The van der Waals surface area contributed by atoms with E-state index in [4.69, 9.17) is 4.98 Å². The SMILES string of the molecule is Cc1ccc(-c2cc(C(F)F)nc3sc4c(=O)[nH]c(-c5c(O)ccc6ccccc56)nc4c23)s1. The minimum absolute atomic E-state index is 0.0204. The van der Waals surface area contributed by atoms with E-state index in [1.807, 2.05) is 43.3 Å². The zero-order valence-electron chi connectivity index (χ0n) is 17.6. The minimum atomic E-state index is -2.75. The van der Waals surface area contributed by atoms with Gasteiger partial charge in [-0.15, -0.1) is 22.7 Å². The maximum Gasteiger partial charge on any atom is 0.280 e. The quantitative estimate of drug-likeness (QED) is 0.278. The largest absolute Gasteiger partial charge is 0.507 e. The Bertz CT molecular complexity index is 1800. The van der Waals surface area contributed by atoms with Crippen LogP contribution < -0.4 is 5.56 Å². The molecule has 0 fully saturated rings. The molecule has 0 spiro atoms. The molecule has 0 saturated carbocycles. The highest BCUT2D eigenvalue weighted by Crippen LogP contribution is 2.42. The van der Waals surface area contributed by atoms with E-state index in [1.165, 1.54) is 17.4 Å². The van der Waals surface area contributed by atoms with Crippen molar-refractivity contribution < 1.29 is 13.9 Å². The lowest BCUT2D eigenvalue weighted by Gasteiger charge is -2.09. The standard InChI is InChI=1S/C25H15F2N3O2S2/c1-11-6-9-17(33-11)14-10-15(22(26)27)28-25-19(14)20-21(34-25)24(32)30-23(29-20)18-13-5-3-2-4-12(13)7-8-16(18)31/h2-10,22,31H,1H3,(H,29,30,32). The van der Waals surface area contributed by atoms with E-state index in [-0.39, 0.29) is 17.3 Å². The second kappa shape index (κ2) is 7.68. The number of pyridine rings is 1. The van der Waals surface area contributed by atoms with Gasteiger partial charge < -0.3 is 10.1 Å². The fourth-order valence-corrected chi connectivity index (χ4v) is 6.11. The van der Waals surface area contributed by atoms with Crippen molar-refractivity contribution in [1.82, 2.24) is 15.0 Å². The number of phenolic OH excluding ortho intramolecular Hbond substituents is 1. The van der Waals surface area contributed by atoms with Crippen LogP contribution in [0, 0.1) is 6.92 Å². The molecular formula is C25H15F2N3O2S2. The van der Waals surface area contributed by atoms with Gasteiger partial charge in [0.2, 0.25) is 0 Å². The van der Waals surface area contributed by atoms with Crippen molar-refractivity contribution in [2.45, 2.75) is 13.3 Å². The number of phenols is 1. The molecule has 4 aromatic heterocycles. The van der Waals surface area contributed by atoms with Crippen LogP contribution in [0.5, 0.6) is 5.75 Å². The third kappa shape index (κ3) is 3.19. The van der Waals surface area contributed by atoms with Gasteiger partial charge in [-0.25, -0.2) is 18.7 Å². The van der Waals surface area contributed by atoms with Crippen LogP contribution in [0.25, 0.3) is 53.0 Å². The molecule has 9 heteroatoms. The second-order valence-electron chi connectivity index (χ2n) is 7.86. The summed E-state index contributed by atoms with van der Waals surface area (Å²) in [4.78, 5) is 26.9. The van der Waals surface area contributed by atoms with Crippen LogP contribution in [-0.2, 0) is 0 Å². The number of nitrogens with zero attached hydrogens (tertiary/aromatic N) is 2. The second-order valence-corrected chi connectivity index (χ2v) is 10.1. The highest BCUT2D eigenvalue weighted by molar-refractivity contribution is 7.25. The molecule has 0 radical (unpaired) electrons. The number of hydrogen-bond acceptors (Lipinski definition) is 6. The molecule has 0 aliphatic rings. The maximum absolute atomic E-state index is 13.6. The number of aromatic nitrogens is 3. The van der Waals surface area contributed by atoms with Crippen LogP contribution in [0.4, 0.5) is 8.78 Å². The average Bonchev–Trinajstić information content (AvgIpc) is 3.42. The number of fused-ring (bicyclic) bond motifs is 4. The Balaban J connectivity index is 1.73. The summed E-state index contributed by atoms with van der Waals surface area (Å²) in [6.07, 6.45) is -2.75. The smallest absolute Gasteiger partial charge is 0.280 e. The van der Waals surface area contributed by atoms with Crippen molar-refractivity contribution >= 4 is 53.9 Å². The van der Waals surface area contributed by atoms with Crippen molar-refractivity contribution in [1.29, 1.82) is 0 Å². The third-order valence-corrected chi connectivity index (χ3v) is 7.80. The molecule has 6 aromatic rings. The number of benzene rings is 2. The zero-order valence-corrected chi connectivity index (χ0v) is 19.2. The topological polar surface area (TPSA) is 78.9 Å². The summed E-state index contributed by atoms with van der Waals surface area (Å²) >= 11 is 2.51. The first-order valence-electron chi connectivity index (χ1n) is 10.3. The number of nitrogens with one attached hydrogen (secondary N) is 1. The molecule has 34 heavy (non-hydrogen) atoms. The number of rotatable bonds is 3. The fourth-order valence-electron chi connectivity index (χ4n) is 4.18. The van der Waals surface area contributed by atoms with Crippen molar-refractivity contribution in [3.8, 4) is 27.6 Å². The summed E-state index contributed by atoms with van der Waals surface area (Å²) in [6, 6.07) is 16.0. The number of alkyl halides is 2. The van der Waals surface area contributed by atoms with Crippen LogP contribution in [0.15, 0.2) is 59.4 Å². The lowest BCUT2D eigenvalue weighted by atomic mass is 10.0. The Morgan fingerprint density at radius 2 is 1.85 bits per heavy atom. The van der Waals surface area contributed by atoms with E-state index < -0.39 is 12.0 Å². The van der Waals surface area contributed by atoms with Gasteiger partial charge in [0.1, 0.15) is 26.8 Å². The first-order chi connectivity index (χ1) is 16.4. The molecule has 6 rings (SSSR count). The van der Waals surface area contributed by atoms with Crippen LogP contribution in [0.1, 0.15) is 17.0 Å². The van der Waals surface area contributed by atoms with Crippen molar-refractivity contribution in [3.63, 3.8) is 0 Å². The minimum Gasteiger partial charge on any atom is -0.507 e. The molecule has 0 atom stereocenters. The van der Waals surface area contributed by atoms with Gasteiger partial charge in [0.05, 0.1) is 11.1 Å². The predicted molar refractivity (Wildman–Crippen MR) is 133 cm³/mol. The van der Waals surface area contributed by atoms with E-state index in [2.05, 4.69) is 9.97 Å². The zero-order chi connectivity index (χ0) is 23.6. The summed E-state index contributed by atoms with van der Waals surface area (Å²) in [5.41, 5.74) is 0.587. The molecular weight excluding hydrogens is 476 g/mol. The van der Waals surface area contributed by atoms with E-state index >= 15 is 0 Å². The molecule has 0 bridgehead atoms. The van der Waals surface area contributed by atoms with Crippen molar-refractivity contribution in [2.75, 3.05) is 0 Å². The number of halogens is 2. The summed E-state index contributed by atoms with van der Waals surface area (Å²) in [5, 5.41) is 12.8.